The van der Waals surface area contributed by atoms with Gasteiger partial charge in [-0.05, 0) is 0 Å². The van der Waals surface area contributed by atoms with Crippen LogP contribution in [0.3, 0.4) is 0 Å². The Labute approximate surface area is 90.7 Å². The predicted molar refractivity (Wildman–Crippen MR) is 48.2 cm³/mol. The van der Waals surface area contributed by atoms with Gasteiger partial charge in [-0.3, -0.25) is 4.52 Å². The molecule has 5 N–H and O–H groups in total. The molecule has 9 heteroatoms. The van der Waals surface area contributed by atoms with Crippen molar-refractivity contribution in [2.45, 2.75) is 30.5 Å². The zero-order chi connectivity index (χ0) is 12.1. The van der Waals surface area contributed by atoms with Crippen molar-refractivity contribution in [1.82, 2.24) is 0 Å². The lowest BCUT2D eigenvalue weighted by atomic mass is 9.83. The fraction of sp³-hybridized carbons (Fsp3) is 1.00. The van der Waals surface area contributed by atoms with Crippen LogP contribution < -0.4 is 0 Å². The summed E-state index contributed by atoms with van der Waals surface area (Å²) < 4.78 is 19.7. The molecule has 16 heavy (non-hydrogen) atoms. The fourth-order valence-corrected chi connectivity index (χ4v) is 2.34. The van der Waals surface area contributed by atoms with E-state index in [0.29, 0.717) is 0 Å². The van der Waals surface area contributed by atoms with Gasteiger partial charge in [-0.25, -0.2) is 4.57 Å². The number of hydrogen-bond acceptors (Lipinski definition) is 6. The zero-order valence-electron chi connectivity index (χ0n) is 8.08. The smallest absolute Gasteiger partial charge is 0.390 e. The van der Waals surface area contributed by atoms with Crippen molar-refractivity contribution < 1.29 is 38.9 Å². The van der Waals surface area contributed by atoms with E-state index in [-0.39, 0.29) is 0 Å². The molecular weight excluding hydrogens is 243 g/mol. The quantitative estimate of drug-likeness (QED) is 0.277. The molecule has 1 heterocycles. The molecule has 2 rings (SSSR count). The van der Waals surface area contributed by atoms with Crippen LogP contribution in [0.2, 0.25) is 0 Å². The number of epoxide rings is 1. The summed E-state index contributed by atoms with van der Waals surface area (Å²) in [5.41, 5.74) is 0. The average Bonchev–Trinajstić information content (AvgIpc) is 2.92. The summed E-state index contributed by atoms with van der Waals surface area (Å²) in [6, 6.07) is 0. The molecule has 0 unspecified atom stereocenters. The molecule has 0 bridgehead atoms. The highest BCUT2D eigenvalue weighted by molar-refractivity contribution is 7.46. The first-order chi connectivity index (χ1) is 7.31. The second-order valence-electron chi connectivity index (χ2n) is 3.99. The van der Waals surface area contributed by atoms with Gasteiger partial charge in [0.25, 0.3) is 0 Å². The second kappa shape index (κ2) is 4.01. The van der Waals surface area contributed by atoms with Gasteiger partial charge in [0.05, 0.1) is 18.8 Å². The van der Waals surface area contributed by atoms with Gasteiger partial charge in [-0.15, -0.1) is 0 Å². The first-order valence-corrected chi connectivity index (χ1v) is 6.24. The monoisotopic (exact) mass is 256 g/mol. The summed E-state index contributed by atoms with van der Waals surface area (Å²) in [6.07, 6.45) is -5.02. The van der Waals surface area contributed by atoms with E-state index in [2.05, 4.69) is 4.52 Å². The number of phosphoric ester groups is 1. The van der Waals surface area contributed by atoms with Crippen molar-refractivity contribution >= 4 is 7.82 Å². The third-order valence-electron chi connectivity index (χ3n) is 2.89. The lowest BCUT2D eigenvalue weighted by Crippen LogP contribution is -2.52. The van der Waals surface area contributed by atoms with Crippen molar-refractivity contribution in [2.24, 2.45) is 5.92 Å². The van der Waals surface area contributed by atoms with Crippen molar-refractivity contribution in [1.29, 1.82) is 0 Å². The lowest BCUT2D eigenvalue weighted by molar-refractivity contribution is -0.104. The van der Waals surface area contributed by atoms with E-state index in [1.165, 1.54) is 0 Å². The summed E-state index contributed by atoms with van der Waals surface area (Å²) >= 11 is 0. The van der Waals surface area contributed by atoms with E-state index in [4.69, 9.17) is 14.5 Å². The molecule has 94 valence electrons. The maximum Gasteiger partial charge on any atom is 0.469 e. The van der Waals surface area contributed by atoms with E-state index in [1.54, 1.807) is 0 Å². The molecule has 0 aromatic heterocycles. The normalized spacial score (nSPS) is 47.6. The van der Waals surface area contributed by atoms with E-state index in [0.717, 1.165) is 0 Å². The highest BCUT2D eigenvalue weighted by atomic mass is 31.2. The molecule has 2 fully saturated rings. The van der Waals surface area contributed by atoms with Crippen LogP contribution in [-0.4, -0.2) is 62.2 Å². The number of rotatable bonds is 3. The lowest BCUT2D eigenvalue weighted by Gasteiger charge is -2.31. The van der Waals surface area contributed by atoms with E-state index in [9.17, 15) is 19.9 Å². The van der Waals surface area contributed by atoms with Gasteiger partial charge in [0.15, 0.2) is 0 Å². The predicted octanol–water partition coefficient (Wildman–Crippen LogP) is -2.42. The number of aliphatic hydroxyl groups excluding tert-OH is 3. The molecule has 0 amide bonds. The molecular formula is C7H13O8P. The zero-order valence-corrected chi connectivity index (χ0v) is 8.97. The Morgan fingerprint density at radius 3 is 2.25 bits per heavy atom. The second-order valence-corrected chi connectivity index (χ2v) is 5.23. The Kier molecular flexibility index (Phi) is 3.11. The van der Waals surface area contributed by atoms with Crippen LogP contribution in [0.5, 0.6) is 0 Å². The summed E-state index contributed by atoms with van der Waals surface area (Å²) in [6.45, 7) is -0.434. The Morgan fingerprint density at radius 2 is 1.69 bits per heavy atom. The van der Waals surface area contributed by atoms with Crippen LogP contribution in [0.1, 0.15) is 0 Å². The van der Waals surface area contributed by atoms with E-state index >= 15 is 0 Å². The van der Waals surface area contributed by atoms with Gasteiger partial charge in [-0.2, -0.15) is 0 Å². The van der Waals surface area contributed by atoms with Crippen LogP contribution in [0.25, 0.3) is 0 Å². The van der Waals surface area contributed by atoms with Crippen molar-refractivity contribution in [2.75, 3.05) is 6.61 Å². The van der Waals surface area contributed by atoms with Gasteiger partial charge < -0.3 is 29.8 Å². The van der Waals surface area contributed by atoms with Gasteiger partial charge in [-0.1, -0.05) is 0 Å². The van der Waals surface area contributed by atoms with Gasteiger partial charge >= 0.3 is 7.82 Å². The number of ether oxygens (including phenoxy) is 1. The maximum absolute atomic E-state index is 10.5. The van der Waals surface area contributed by atoms with Crippen LogP contribution in [-0.2, 0) is 13.8 Å². The first-order valence-electron chi connectivity index (χ1n) is 4.71. The summed E-state index contributed by atoms with van der Waals surface area (Å²) in [5, 5.41) is 28.4. The molecule has 1 aliphatic heterocycles. The third kappa shape index (κ3) is 2.29. The maximum atomic E-state index is 10.5. The van der Waals surface area contributed by atoms with Crippen LogP contribution in [0.15, 0.2) is 0 Å². The Balaban J connectivity index is 1.98. The fourth-order valence-electron chi connectivity index (χ4n) is 1.98. The first kappa shape index (κ1) is 12.4. The molecule has 1 saturated heterocycles. The minimum atomic E-state index is -4.61. The summed E-state index contributed by atoms with van der Waals surface area (Å²) in [4.78, 5) is 17.0. The Bertz CT molecular complexity index is 316. The van der Waals surface area contributed by atoms with Crippen LogP contribution in [0.4, 0.5) is 0 Å². The minimum absolute atomic E-state index is 0.434. The highest BCUT2D eigenvalue weighted by Gasteiger charge is 2.60. The number of aliphatic hydroxyl groups is 3. The largest absolute Gasteiger partial charge is 0.469 e. The molecule has 6 atom stereocenters. The highest BCUT2D eigenvalue weighted by Crippen LogP contribution is 2.44. The molecule has 0 aromatic rings. The Hall–Kier alpha value is -0.0500. The standard InChI is InChI=1S/C7H13O8P/c8-3-2(1-14-16(11,12)13)6-7(15-6)5(10)4(3)9/h2-10H,1H2,(H2,11,12,13)/t2-,3-,4+,5-,6-,7+/m1/s1. The number of phosphoric acid groups is 1. The van der Waals surface area contributed by atoms with Crippen molar-refractivity contribution in [3.63, 3.8) is 0 Å². The van der Waals surface area contributed by atoms with Crippen LogP contribution >= 0.6 is 7.82 Å². The van der Waals surface area contributed by atoms with Crippen molar-refractivity contribution in [3.8, 4) is 0 Å². The molecule has 1 saturated carbocycles. The molecule has 0 spiro atoms. The molecule has 8 nitrogen and oxygen atoms in total. The van der Waals surface area contributed by atoms with Gasteiger partial charge in [0.1, 0.15) is 18.3 Å². The molecule has 1 aliphatic carbocycles. The third-order valence-corrected chi connectivity index (χ3v) is 3.38. The molecule has 2 aliphatic rings. The van der Waals surface area contributed by atoms with Crippen LogP contribution in [0, 0.1) is 5.92 Å². The Morgan fingerprint density at radius 1 is 1.06 bits per heavy atom. The van der Waals surface area contributed by atoms with Gasteiger partial charge in [0, 0.05) is 5.92 Å². The van der Waals surface area contributed by atoms with Gasteiger partial charge in [0.2, 0.25) is 0 Å². The van der Waals surface area contributed by atoms with E-state index < -0.39 is 50.9 Å². The number of fused-ring (bicyclic) bond motifs is 1. The topological polar surface area (TPSA) is 140 Å². The molecule has 0 aromatic carbocycles. The summed E-state index contributed by atoms with van der Waals surface area (Å²) in [5.74, 6) is -0.754. The minimum Gasteiger partial charge on any atom is -0.390 e. The molecule has 0 radical (unpaired) electrons. The SMILES string of the molecule is O=P(O)(O)OC[C@@H]1[C@@H](O)[C@H](O)[C@@H](O)[C@@H]2O[C@H]12. The van der Waals surface area contributed by atoms with Crippen molar-refractivity contribution in [3.05, 3.63) is 0 Å². The number of hydrogen-bond donors (Lipinski definition) is 5. The van der Waals surface area contributed by atoms with E-state index in [1.807, 2.05) is 0 Å². The summed E-state index contributed by atoms with van der Waals surface area (Å²) in [7, 11) is -4.61. The average molecular weight is 256 g/mol.